The molecule has 0 nitrogen and oxygen atoms in total. The summed E-state index contributed by atoms with van der Waals surface area (Å²) in [5.74, 6) is 6.12. The molecule has 0 aromatic carbocycles. The third-order valence-corrected chi connectivity index (χ3v) is 0.884. The van der Waals surface area contributed by atoms with E-state index in [-0.39, 0.29) is 5.41 Å². The highest BCUT2D eigenvalue weighted by atomic mass is 14.0. The highest BCUT2D eigenvalue weighted by Crippen LogP contribution is 2.09. The van der Waals surface area contributed by atoms with Gasteiger partial charge < -0.3 is 0 Å². The van der Waals surface area contributed by atoms with Crippen molar-refractivity contribution in [2.75, 3.05) is 0 Å². The summed E-state index contributed by atoms with van der Waals surface area (Å²) < 4.78 is 0. The summed E-state index contributed by atoms with van der Waals surface area (Å²) in [6, 6.07) is 0. The Hall–Kier alpha value is -0.700. The molecule has 0 spiro atoms. The van der Waals surface area contributed by atoms with Crippen molar-refractivity contribution in [2.45, 2.75) is 34.1 Å². The van der Waals surface area contributed by atoms with Gasteiger partial charge in [0.2, 0.25) is 0 Å². The van der Waals surface area contributed by atoms with E-state index in [0.29, 0.717) is 0 Å². The molecule has 0 aromatic rings. The molecular weight excluding hydrogens is 120 g/mol. The second-order valence-corrected chi connectivity index (χ2v) is 3.33. The molecule has 0 radical (unpaired) electrons. The molecule has 0 heterocycles. The van der Waals surface area contributed by atoms with Crippen molar-refractivity contribution in [1.29, 1.82) is 0 Å². The van der Waals surface area contributed by atoms with Gasteiger partial charge in [-0.3, -0.25) is 0 Å². The SMILES string of the molecule is CC/C=C\C#CC(C)(C)C. The van der Waals surface area contributed by atoms with Crippen LogP contribution in [0.2, 0.25) is 0 Å². The minimum atomic E-state index is 0.137. The third-order valence-electron chi connectivity index (χ3n) is 0.884. The molecule has 0 unspecified atom stereocenters. The molecule has 0 aromatic heterocycles. The Morgan fingerprint density at radius 2 is 1.90 bits per heavy atom. The van der Waals surface area contributed by atoms with Gasteiger partial charge >= 0.3 is 0 Å². The largest absolute Gasteiger partial charge is 0.0926 e. The molecule has 0 saturated heterocycles. The zero-order valence-electron chi connectivity index (χ0n) is 7.36. The van der Waals surface area contributed by atoms with E-state index in [4.69, 9.17) is 0 Å². The van der Waals surface area contributed by atoms with Crippen molar-refractivity contribution in [3.63, 3.8) is 0 Å². The predicted octanol–water partition coefficient (Wildman–Crippen LogP) is 3.00. The van der Waals surface area contributed by atoms with E-state index in [1.54, 1.807) is 0 Å². The van der Waals surface area contributed by atoms with Crippen LogP contribution >= 0.6 is 0 Å². The Kier molecular flexibility index (Phi) is 3.88. The quantitative estimate of drug-likeness (QED) is 0.486. The number of hydrogen-bond donors (Lipinski definition) is 0. The third kappa shape index (κ3) is 7.30. The molecule has 0 amide bonds. The molecule has 0 aliphatic heterocycles. The van der Waals surface area contributed by atoms with Gasteiger partial charge in [-0.25, -0.2) is 0 Å². The summed E-state index contributed by atoms with van der Waals surface area (Å²) in [6.45, 7) is 8.44. The molecule has 0 rings (SSSR count). The van der Waals surface area contributed by atoms with E-state index in [1.807, 2.05) is 6.08 Å². The van der Waals surface area contributed by atoms with E-state index in [1.165, 1.54) is 0 Å². The molecule has 0 N–H and O–H groups in total. The van der Waals surface area contributed by atoms with Crippen molar-refractivity contribution >= 4 is 0 Å². The molecule has 10 heavy (non-hydrogen) atoms. The van der Waals surface area contributed by atoms with Crippen LogP contribution in [0.4, 0.5) is 0 Å². The lowest BCUT2D eigenvalue weighted by Crippen LogP contribution is -1.98. The van der Waals surface area contributed by atoms with Gasteiger partial charge in [-0.2, -0.15) is 0 Å². The average molecular weight is 136 g/mol. The molecule has 0 bridgehead atoms. The maximum absolute atomic E-state index is 3.12. The Bertz CT molecular complexity index is 157. The van der Waals surface area contributed by atoms with Gasteiger partial charge in [0.1, 0.15) is 0 Å². The normalized spacial score (nSPS) is 11.2. The lowest BCUT2D eigenvalue weighted by Gasteiger charge is -2.05. The first-order chi connectivity index (χ1) is 4.56. The van der Waals surface area contributed by atoms with Crippen molar-refractivity contribution in [2.24, 2.45) is 5.41 Å². The van der Waals surface area contributed by atoms with Crippen LogP contribution in [0.1, 0.15) is 34.1 Å². The van der Waals surface area contributed by atoms with E-state index < -0.39 is 0 Å². The van der Waals surface area contributed by atoms with Crippen molar-refractivity contribution in [1.82, 2.24) is 0 Å². The van der Waals surface area contributed by atoms with E-state index in [9.17, 15) is 0 Å². The van der Waals surface area contributed by atoms with Crippen LogP contribution in [0, 0.1) is 17.3 Å². The van der Waals surface area contributed by atoms with E-state index >= 15 is 0 Å². The van der Waals surface area contributed by atoms with Gasteiger partial charge in [-0.05, 0) is 33.3 Å². The molecule has 0 aliphatic carbocycles. The van der Waals surface area contributed by atoms with Crippen molar-refractivity contribution in [3.8, 4) is 11.8 Å². The Labute approximate surface area is 64.3 Å². The molecule has 0 saturated carbocycles. The van der Waals surface area contributed by atoms with Gasteiger partial charge in [0.05, 0.1) is 0 Å². The lowest BCUT2D eigenvalue weighted by atomic mass is 9.98. The van der Waals surface area contributed by atoms with Crippen LogP contribution in [-0.2, 0) is 0 Å². The molecule has 0 atom stereocenters. The fourth-order valence-electron chi connectivity index (χ4n) is 0.435. The topological polar surface area (TPSA) is 0 Å². The standard InChI is InChI=1S/C10H16/c1-5-6-7-8-9-10(2,3)4/h6-7H,5H2,1-4H3/b7-6-. The van der Waals surface area contributed by atoms with E-state index in [0.717, 1.165) is 6.42 Å². The van der Waals surface area contributed by atoms with Crippen LogP contribution in [0.5, 0.6) is 0 Å². The first-order valence-corrected chi connectivity index (χ1v) is 3.74. The summed E-state index contributed by atoms with van der Waals surface area (Å²) in [4.78, 5) is 0. The molecule has 0 fully saturated rings. The molecule has 0 aliphatic rings. The second kappa shape index (κ2) is 4.17. The zero-order chi connectivity index (χ0) is 8.04. The Morgan fingerprint density at radius 1 is 1.30 bits per heavy atom. The summed E-state index contributed by atoms with van der Waals surface area (Å²) in [6.07, 6.45) is 5.06. The maximum Gasteiger partial charge on any atom is 0.0233 e. The van der Waals surface area contributed by atoms with Gasteiger partial charge in [0.15, 0.2) is 0 Å². The van der Waals surface area contributed by atoms with E-state index in [2.05, 4.69) is 45.6 Å². The smallest absolute Gasteiger partial charge is 0.0233 e. The van der Waals surface area contributed by atoms with Crippen molar-refractivity contribution in [3.05, 3.63) is 12.2 Å². The van der Waals surface area contributed by atoms with Crippen LogP contribution < -0.4 is 0 Å². The van der Waals surface area contributed by atoms with Crippen LogP contribution in [0.15, 0.2) is 12.2 Å². The second-order valence-electron chi connectivity index (χ2n) is 3.33. The molecule has 56 valence electrons. The van der Waals surface area contributed by atoms with Crippen LogP contribution in [0.25, 0.3) is 0 Å². The van der Waals surface area contributed by atoms with Gasteiger partial charge in [-0.15, -0.1) is 0 Å². The summed E-state index contributed by atoms with van der Waals surface area (Å²) >= 11 is 0. The predicted molar refractivity (Wildman–Crippen MR) is 46.7 cm³/mol. The molecule has 0 heteroatoms. The minimum Gasteiger partial charge on any atom is -0.0926 e. The minimum absolute atomic E-state index is 0.137. The van der Waals surface area contributed by atoms with Crippen molar-refractivity contribution < 1.29 is 0 Å². The fourth-order valence-corrected chi connectivity index (χ4v) is 0.435. The van der Waals surface area contributed by atoms with Crippen LogP contribution in [-0.4, -0.2) is 0 Å². The Morgan fingerprint density at radius 3 is 2.30 bits per heavy atom. The number of allylic oxidation sites excluding steroid dienone is 2. The summed E-state index contributed by atoms with van der Waals surface area (Å²) in [5, 5.41) is 0. The average Bonchev–Trinajstić information content (AvgIpc) is 1.78. The maximum atomic E-state index is 3.12. The number of rotatable bonds is 1. The molecular formula is C10H16. The van der Waals surface area contributed by atoms with Gasteiger partial charge in [-0.1, -0.05) is 24.8 Å². The van der Waals surface area contributed by atoms with Crippen LogP contribution in [0.3, 0.4) is 0 Å². The van der Waals surface area contributed by atoms with Gasteiger partial charge in [0, 0.05) is 5.41 Å². The monoisotopic (exact) mass is 136 g/mol. The highest BCUT2D eigenvalue weighted by Gasteiger charge is 2.01. The first kappa shape index (κ1) is 9.30. The Balaban J connectivity index is 3.81. The summed E-state index contributed by atoms with van der Waals surface area (Å²) in [5.41, 5.74) is 0.137. The zero-order valence-corrected chi connectivity index (χ0v) is 7.36. The number of hydrogen-bond acceptors (Lipinski definition) is 0. The first-order valence-electron chi connectivity index (χ1n) is 3.74. The fraction of sp³-hybridized carbons (Fsp3) is 0.600. The lowest BCUT2D eigenvalue weighted by molar-refractivity contribution is 0.571. The summed E-state index contributed by atoms with van der Waals surface area (Å²) in [7, 11) is 0. The van der Waals surface area contributed by atoms with Gasteiger partial charge in [0.25, 0.3) is 0 Å². The highest BCUT2D eigenvalue weighted by molar-refractivity contribution is 5.18.